The van der Waals surface area contributed by atoms with Gasteiger partial charge in [0.2, 0.25) is 5.88 Å². The topological polar surface area (TPSA) is 31.4 Å². The van der Waals surface area contributed by atoms with Crippen LogP contribution >= 0.6 is 15.9 Å². The molecule has 5 heteroatoms. The smallest absolute Gasteiger partial charge is 0.217 e. The van der Waals surface area contributed by atoms with Gasteiger partial charge in [-0.1, -0.05) is 0 Å². The summed E-state index contributed by atoms with van der Waals surface area (Å²) < 4.78 is 24.1. The lowest BCUT2D eigenvalue weighted by atomic mass is 9.80. The summed E-state index contributed by atoms with van der Waals surface area (Å²) in [6, 6.07) is 1.84. The van der Waals surface area contributed by atoms with Crippen LogP contribution in [0.15, 0.2) is 16.7 Å². The number of aromatic nitrogens is 1. The molecule has 82 valence electrons. The predicted molar refractivity (Wildman–Crippen MR) is 57.0 cm³/mol. The van der Waals surface area contributed by atoms with Crippen molar-refractivity contribution in [2.75, 3.05) is 27.0 Å². The Morgan fingerprint density at radius 3 is 2.87 bits per heavy atom. The summed E-state index contributed by atoms with van der Waals surface area (Å²) in [6.07, 6.45) is 1.63. The van der Waals surface area contributed by atoms with Gasteiger partial charge in [0.05, 0.1) is 25.7 Å². The van der Waals surface area contributed by atoms with Crippen LogP contribution in [0, 0.1) is 0 Å². The molecule has 0 bridgehead atoms. The maximum Gasteiger partial charge on any atom is 0.217 e. The highest BCUT2D eigenvalue weighted by Crippen LogP contribution is 2.38. The third-order valence-corrected chi connectivity index (χ3v) is 3.03. The van der Waals surface area contributed by atoms with E-state index in [1.807, 2.05) is 6.07 Å². The van der Waals surface area contributed by atoms with E-state index in [0.29, 0.717) is 19.1 Å². The van der Waals surface area contributed by atoms with Gasteiger partial charge in [-0.05, 0) is 22.0 Å². The molecule has 0 N–H and O–H groups in total. The van der Waals surface area contributed by atoms with Crippen LogP contribution in [-0.2, 0) is 10.2 Å². The average Bonchev–Trinajstić information content (AvgIpc) is 2.17. The summed E-state index contributed by atoms with van der Waals surface area (Å²) in [4.78, 5) is 4.10. The number of hydrogen-bond acceptors (Lipinski definition) is 3. The first-order valence-electron chi connectivity index (χ1n) is 4.55. The van der Waals surface area contributed by atoms with Crippen molar-refractivity contribution < 1.29 is 13.9 Å². The SMILES string of the molecule is COc1ncc(Br)cc1C1(CF)COC1. The van der Waals surface area contributed by atoms with Crippen LogP contribution in [0.25, 0.3) is 0 Å². The van der Waals surface area contributed by atoms with Crippen LogP contribution < -0.4 is 4.74 Å². The lowest BCUT2D eigenvalue weighted by Gasteiger charge is -2.39. The van der Waals surface area contributed by atoms with Crippen molar-refractivity contribution >= 4 is 15.9 Å². The van der Waals surface area contributed by atoms with E-state index < -0.39 is 12.1 Å². The molecule has 2 rings (SSSR count). The van der Waals surface area contributed by atoms with Crippen LogP contribution in [0.1, 0.15) is 5.56 Å². The molecule has 1 saturated heterocycles. The zero-order valence-electron chi connectivity index (χ0n) is 8.30. The molecule has 1 aromatic heterocycles. The average molecular weight is 276 g/mol. The largest absolute Gasteiger partial charge is 0.481 e. The third kappa shape index (κ3) is 1.74. The minimum absolute atomic E-state index is 0.387. The van der Waals surface area contributed by atoms with Gasteiger partial charge in [0, 0.05) is 16.2 Å². The molecule has 15 heavy (non-hydrogen) atoms. The van der Waals surface area contributed by atoms with Crippen LogP contribution in [0.3, 0.4) is 0 Å². The van der Waals surface area contributed by atoms with Crippen molar-refractivity contribution in [3.8, 4) is 5.88 Å². The van der Waals surface area contributed by atoms with Gasteiger partial charge in [0.25, 0.3) is 0 Å². The molecule has 1 aliphatic heterocycles. The Balaban J connectivity index is 2.44. The Morgan fingerprint density at radius 2 is 2.40 bits per heavy atom. The Bertz CT molecular complexity index is 363. The van der Waals surface area contributed by atoms with Crippen molar-refractivity contribution in [3.63, 3.8) is 0 Å². The second-order valence-electron chi connectivity index (χ2n) is 3.62. The van der Waals surface area contributed by atoms with E-state index in [2.05, 4.69) is 20.9 Å². The fraction of sp³-hybridized carbons (Fsp3) is 0.500. The Labute approximate surface area is 95.7 Å². The molecule has 0 amide bonds. The van der Waals surface area contributed by atoms with E-state index in [9.17, 15) is 4.39 Å². The maximum absolute atomic E-state index is 13.0. The fourth-order valence-electron chi connectivity index (χ4n) is 1.62. The van der Waals surface area contributed by atoms with E-state index >= 15 is 0 Å². The number of pyridine rings is 1. The normalized spacial score (nSPS) is 18.3. The third-order valence-electron chi connectivity index (χ3n) is 2.59. The van der Waals surface area contributed by atoms with E-state index in [4.69, 9.17) is 9.47 Å². The van der Waals surface area contributed by atoms with Crippen LogP contribution in [-0.4, -0.2) is 32.0 Å². The minimum Gasteiger partial charge on any atom is -0.481 e. The van der Waals surface area contributed by atoms with Crippen molar-refractivity contribution in [2.45, 2.75) is 5.41 Å². The number of halogens is 2. The van der Waals surface area contributed by atoms with Gasteiger partial charge in [-0.25, -0.2) is 9.37 Å². The fourth-order valence-corrected chi connectivity index (χ4v) is 1.95. The lowest BCUT2D eigenvalue weighted by molar-refractivity contribution is -0.0717. The van der Waals surface area contributed by atoms with Gasteiger partial charge in [-0.3, -0.25) is 0 Å². The molecule has 0 saturated carbocycles. The monoisotopic (exact) mass is 275 g/mol. The summed E-state index contributed by atoms with van der Waals surface area (Å²) in [7, 11) is 1.53. The van der Waals surface area contributed by atoms with Gasteiger partial charge in [0.15, 0.2) is 0 Å². The molecule has 1 aromatic rings. The molecule has 3 nitrogen and oxygen atoms in total. The van der Waals surface area contributed by atoms with Crippen LogP contribution in [0.4, 0.5) is 4.39 Å². The van der Waals surface area contributed by atoms with Crippen molar-refractivity contribution in [3.05, 3.63) is 22.3 Å². The maximum atomic E-state index is 13.0. The zero-order valence-corrected chi connectivity index (χ0v) is 9.88. The quantitative estimate of drug-likeness (QED) is 0.847. The predicted octanol–water partition coefficient (Wildman–Crippen LogP) is 2.09. The first-order valence-corrected chi connectivity index (χ1v) is 5.35. The number of nitrogens with zero attached hydrogens (tertiary/aromatic N) is 1. The number of ether oxygens (including phenoxy) is 2. The Kier molecular flexibility index (Phi) is 2.93. The highest BCUT2D eigenvalue weighted by molar-refractivity contribution is 9.10. The van der Waals surface area contributed by atoms with Gasteiger partial charge in [0.1, 0.15) is 6.67 Å². The number of alkyl halides is 1. The summed E-state index contributed by atoms with van der Waals surface area (Å²) in [5.41, 5.74) is 0.204. The van der Waals surface area contributed by atoms with Gasteiger partial charge in [-0.2, -0.15) is 0 Å². The lowest BCUT2D eigenvalue weighted by Crippen LogP contribution is -2.48. The first kappa shape index (κ1) is 10.8. The second kappa shape index (κ2) is 4.06. The molecule has 1 aliphatic rings. The van der Waals surface area contributed by atoms with E-state index in [1.54, 1.807) is 6.20 Å². The molecule has 0 unspecified atom stereocenters. The number of methoxy groups -OCH3 is 1. The minimum atomic E-state index is -0.567. The molecule has 1 fully saturated rings. The summed E-state index contributed by atoms with van der Waals surface area (Å²) >= 11 is 3.32. The standard InChI is InChI=1S/C10H11BrFNO2/c1-14-9-8(2-7(11)3-13-9)10(4-12)5-15-6-10/h2-3H,4-6H2,1H3. The van der Waals surface area contributed by atoms with Crippen molar-refractivity contribution in [2.24, 2.45) is 0 Å². The van der Waals surface area contributed by atoms with Crippen molar-refractivity contribution in [1.29, 1.82) is 0 Å². The van der Waals surface area contributed by atoms with Crippen LogP contribution in [0.5, 0.6) is 5.88 Å². The highest BCUT2D eigenvalue weighted by Gasteiger charge is 2.43. The molecular formula is C10H11BrFNO2. The molecule has 0 aliphatic carbocycles. The molecule has 0 spiro atoms. The summed E-state index contributed by atoms with van der Waals surface area (Å²) in [5.74, 6) is 0.471. The molecule has 0 aromatic carbocycles. The van der Waals surface area contributed by atoms with Crippen LogP contribution in [0.2, 0.25) is 0 Å². The summed E-state index contributed by atoms with van der Waals surface area (Å²) in [6.45, 7) is 0.317. The molecular weight excluding hydrogens is 265 g/mol. The second-order valence-corrected chi connectivity index (χ2v) is 4.53. The van der Waals surface area contributed by atoms with Crippen molar-refractivity contribution in [1.82, 2.24) is 4.98 Å². The Hall–Kier alpha value is -0.680. The molecule has 0 radical (unpaired) electrons. The summed E-state index contributed by atoms with van der Waals surface area (Å²) in [5, 5.41) is 0. The van der Waals surface area contributed by atoms with E-state index in [1.165, 1.54) is 7.11 Å². The molecule has 2 heterocycles. The van der Waals surface area contributed by atoms with Gasteiger partial charge >= 0.3 is 0 Å². The van der Waals surface area contributed by atoms with E-state index in [0.717, 1.165) is 10.0 Å². The number of rotatable bonds is 3. The van der Waals surface area contributed by atoms with E-state index in [-0.39, 0.29) is 0 Å². The number of hydrogen-bond donors (Lipinski definition) is 0. The molecule has 0 atom stereocenters. The van der Waals surface area contributed by atoms with Gasteiger partial charge in [-0.15, -0.1) is 0 Å². The highest BCUT2D eigenvalue weighted by atomic mass is 79.9. The van der Waals surface area contributed by atoms with Gasteiger partial charge < -0.3 is 9.47 Å². The first-order chi connectivity index (χ1) is 7.22. The Morgan fingerprint density at radius 1 is 1.67 bits per heavy atom. The zero-order chi connectivity index (χ0) is 10.9.